The second-order valence-corrected chi connectivity index (χ2v) is 7.02. The molecule has 0 saturated carbocycles. The van der Waals surface area contributed by atoms with E-state index < -0.39 is 0 Å². The molecule has 0 saturated heterocycles. The predicted octanol–water partition coefficient (Wildman–Crippen LogP) is 4.10. The summed E-state index contributed by atoms with van der Waals surface area (Å²) in [5.41, 5.74) is 6.05. The largest absolute Gasteiger partial charge is 0.504 e. The number of methoxy groups -OCH3 is 2. The average molecular weight is 365 g/mol. The molecule has 140 valence electrons. The van der Waals surface area contributed by atoms with Crippen molar-refractivity contribution < 1.29 is 19.7 Å². The topological polar surface area (TPSA) is 62.2 Å². The van der Waals surface area contributed by atoms with Gasteiger partial charge < -0.3 is 24.6 Å². The first-order chi connectivity index (χ1) is 13.0. The van der Waals surface area contributed by atoms with Gasteiger partial charge in [0.1, 0.15) is 0 Å². The molecule has 5 heteroatoms. The van der Waals surface area contributed by atoms with Gasteiger partial charge in [-0.15, -0.1) is 0 Å². The third kappa shape index (κ3) is 2.53. The predicted molar refractivity (Wildman–Crippen MR) is 105 cm³/mol. The van der Waals surface area contributed by atoms with Crippen molar-refractivity contribution in [2.45, 2.75) is 19.4 Å². The summed E-state index contributed by atoms with van der Waals surface area (Å²) in [6, 6.07) is 7.16. The van der Waals surface area contributed by atoms with Crippen LogP contribution >= 0.6 is 0 Å². The van der Waals surface area contributed by atoms with Crippen LogP contribution in [-0.2, 0) is 6.42 Å². The molecule has 2 aliphatic rings. The Morgan fingerprint density at radius 1 is 1.15 bits per heavy atom. The Kier molecular flexibility index (Phi) is 4.02. The van der Waals surface area contributed by atoms with Crippen LogP contribution in [0.25, 0.3) is 11.8 Å². The molecule has 1 unspecified atom stereocenters. The number of phenols is 2. The molecule has 0 spiro atoms. The second-order valence-electron chi connectivity index (χ2n) is 7.02. The lowest BCUT2D eigenvalue weighted by Crippen LogP contribution is -2.36. The van der Waals surface area contributed by atoms with E-state index in [1.165, 1.54) is 0 Å². The maximum Gasteiger partial charge on any atom is 0.166 e. The molecular weight excluding hydrogens is 342 g/mol. The normalized spacial score (nSPS) is 17.4. The molecule has 2 aromatic carbocycles. The van der Waals surface area contributed by atoms with E-state index in [0.717, 1.165) is 52.2 Å². The summed E-state index contributed by atoms with van der Waals surface area (Å²) < 4.78 is 11.2. The summed E-state index contributed by atoms with van der Waals surface area (Å²) in [7, 11) is 3.29. The highest BCUT2D eigenvalue weighted by Crippen LogP contribution is 2.50. The molecule has 2 N–H and O–H groups in total. The fourth-order valence-corrected chi connectivity index (χ4v) is 4.20. The molecule has 0 amide bonds. The van der Waals surface area contributed by atoms with Crippen LogP contribution in [0.4, 0.5) is 0 Å². The van der Waals surface area contributed by atoms with Crippen LogP contribution in [0, 0.1) is 0 Å². The van der Waals surface area contributed by atoms with Gasteiger partial charge in [-0.3, -0.25) is 0 Å². The third-order valence-electron chi connectivity index (χ3n) is 5.37. The summed E-state index contributed by atoms with van der Waals surface area (Å²) in [4.78, 5) is 2.28. The molecule has 2 aromatic rings. The van der Waals surface area contributed by atoms with Crippen molar-refractivity contribution in [1.82, 2.24) is 4.90 Å². The molecule has 0 aliphatic carbocycles. The van der Waals surface area contributed by atoms with Gasteiger partial charge in [0.05, 0.1) is 20.3 Å². The fraction of sp³-hybridized carbons (Fsp3) is 0.273. The van der Waals surface area contributed by atoms with Crippen LogP contribution in [0.2, 0.25) is 0 Å². The van der Waals surface area contributed by atoms with Gasteiger partial charge in [-0.05, 0) is 48.7 Å². The zero-order valence-corrected chi connectivity index (χ0v) is 15.7. The van der Waals surface area contributed by atoms with Crippen molar-refractivity contribution in [2.24, 2.45) is 0 Å². The van der Waals surface area contributed by atoms with Gasteiger partial charge >= 0.3 is 0 Å². The van der Waals surface area contributed by atoms with E-state index in [9.17, 15) is 10.2 Å². The van der Waals surface area contributed by atoms with Crippen molar-refractivity contribution in [1.29, 1.82) is 0 Å². The SMILES string of the molecule is C=C(C)C1c2c(ccc(OC)c2OC)C=C2c3cc(O)c(O)cc3CCN21. The standard InChI is InChI=1S/C22H23NO4/c1-12(2)21-20-14(5-6-19(26-3)22(20)27-4)9-16-15-11-18(25)17(24)10-13(15)7-8-23(16)21/h5-6,9-11,21,24-25H,1,7-8H2,2-4H3. The maximum absolute atomic E-state index is 10.0. The molecule has 1 atom stereocenters. The second kappa shape index (κ2) is 6.27. The van der Waals surface area contributed by atoms with Crippen LogP contribution in [0.15, 0.2) is 36.4 Å². The van der Waals surface area contributed by atoms with E-state index in [4.69, 9.17) is 9.47 Å². The lowest BCUT2D eigenvalue weighted by atomic mass is 9.84. The van der Waals surface area contributed by atoms with Crippen LogP contribution in [0.3, 0.4) is 0 Å². The Hall–Kier alpha value is -3.08. The summed E-state index contributed by atoms with van der Waals surface area (Å²) in [5.74, 6) is 1.22. The minimum atomic E-state index is -0.110. The monoisotopic (exact) mass is 365 g/mol. The van der Waals surface area contributed by atoms with E-state index in [1.54, 1.807) is 26.4 Å². The Bertz CT molecular complexity index is 977. The van der Waals surface area contributed by atoms with Gasteiger partial charge in [0, 0.05) is 23.4 Å². The van der Waals surface area contributed by atoms with E-state index in [2.05, 4.69) is 17.6 Å². The summed E-state index contributed by atoms with van der Waals surface area (Å²) in [6.45, 7) is 7.02. The van der Waals surface area contributed by atoms with E-state index in [0.29, 0.717) is 5.75 Å². The van der Waals surface area contributed by atoms with Crippen LogP contribution < -0.4 is 9.47 Å². The summed E-state index contributed by atoms with van der Waals surface area (Å²) in [5, 5.41) is 19.9. The first-order valence-corrected chi connectivity index (χ1v) is 8.90. The van der Waals surface area contributed by atoms with Crippen molar-refractivity contribution in [3.8, 4) is 23.0 Å². The van der Waals surface area contributed by atoms with Crippen molar-refractivity contribution in [3.63, 3.8) is 0 Å². The smallest absolute Gasteiger partial charge is 0.166 e. The van der Waals surface area contributed by atoms with Crippen molar-refractivity contribution in [2.75, 3.05) is 20.8 Å². The van der Waals surface area contributed by atoms with Crippen LogP contribution in [-0.4, -0.2) is 35.9 Å². The molecule has 2 heterocycles. The maximum atomic E-state index is 10.0. The number of aromatic hydroxyl groups is 2. The van der Waals surface area contributed by atoms with Crippen LogP contribution in [0.5, 0.6) is 23.0 Å². The molecule has 0 aromatic heterocycles. The summed E-state index contributed by atoms with van der Waals surface area (Å²) in [6.07, 6.45) is 2.87. The third-order valence-corrected chi connectivity index (χ3v) is 5.37. The first kappa shape index (κ1) is 17.3. The minimum absolute atomic E-state index is 0.0610. The van der Waals surface area contributed by atoms with E-state index in [-0.39, 0.29) is 17.5 Å². The highest BCUT2D eigenvalue weighted by molar-refractivity contribution is 5.88. The fourth-order valence-electron chi connectivity index (χ4n) is 4.20. The minimum Gasteiger partial charge on any atom is -0.504 e. The van der Waals surface area contributed by atoms with Gasteiger partial charge in [0.15, 0.2) is 23.0 Å². The Balaban J connectivity index is 1.99. The van der Waals surface area contributed by atoms with Gasteiger partial charge in [-0.1, -0.05) is 18.2 Å². The lowest BCUT2D eigenvalue weighted by Gasteiger charge is -2.43. The zero-order valence-electron chi connectivity index (χ0n) is 15.7. The number of hydrogen-bond acceptors (Lipinski definition) is 5. The number of ether oxygens (including phenoxy) is 2. The Morgan fingerprint density at radius 3 is 2.56 bits per heavy atom. The quantitative estimate of drug-likeness (QED) is 0.633. The number of benzene rings is 2. The molecule has 0 radical (unpaired) electrons. The molecule has 0 fully saturated rings. The highest BCUT2D eigenvalue weighted by atomic mass is 16.5. The Labute approximate surface area is 158 Å². The first-order valence-electron chi connectivity index (χ1n) is 8.90. The molecule has 0 bridgehead atoms. The molecular formula is C22H23NO4. The Morgan fingerprint density at radius 2 is 1.89 bits per heavy atom. The molecule has 4 rings (SSSR count). The van der Waals surface area contributed by atoms with Crippen molar-refractivity contribution >= 4 is 11.8 Å². The summed E-state index contributed by atoms with van der Waals surface area (Å²) >= 11 is 0. The van der Waals surface area contributed by atoms with Crippen LogP contribution in [0.1, 0.15) is 35.2 Å². The number of nitrogens with zero attached hydrogens (tertiary/aromatic N) is 1. The van der Waals surface area contributed by atoms with Gasteiger partial charge in [-0.2, -0.15) is 0 Å². The van der Waals surface area contributed by atoms with Gasteiger partial charge in [0.25, 0.3) is 0 Å². The van der Waals surface area contributed by atoms with Crippen molar-refractivity contribution in [3.05, 3.63) is 58.7 Å². The number of phenolic OH excluding ortho intramolecular Hbond substituents is 2. The number of fused-ring (bicyclic) bond motifs is 4. The van der Waals surface area contributed by atoms with Gasteiger partial charge in [-0.25, -0.2) is 0 Å². The zero-order chi connectivity index (χ0) is 19.3. The lowest BCUT2D eigenvalue weighted by molar-refractivity contribution is 0.303. The molecule has 2 aliphatic heterocycles. The van der Waals surface area contributed by atoms with E-state index >= 15 is 0 Å². The van der Waals surface area contributed by atoms with Gasteiger partial charge in [0.2, 0.25) is 0 Å². The molecule has 27 heavy (non-hydrogen) atoms. The number of rotatable bonds is 3. The average Bonchev–Trinajstić information content (AvgIpc) is 2.66. The highest BCUT2D eigenvalue weighted by Gasteiger charge is 2.36. The number of hydrogen-bond donors (Lipinski definition) is 2. The molecule has 5 nitrogen and oxygen atoms in total. The van der Waals surface area contributed by atoms with E-state index in [1.807, 2.05) is 19.1 Å².